The van der Waals surface area contributed by atoms with E-state index in [0.717, 1.165) is 16.9 Å². The van der Waals surface area contributed by atoms with Crippen molar-refractivity contribution in [3.63, 3.8) is 0 Å². The van der Waals surface area contributed by atoms with E-state index in [2.05, 4.69) is 16.4 Å². The molecular weight excluding hydrogens is 232 g/mol. The molecule has 0 atom stereocenters. The lowest BCUT2D eigenvalue weighted by Crippen LogP contribution is -2.12. The summed E-state index contributed by atoms with van der Waals surface area (Å²) in [5.74, 6) is -0.0862. The van der Waals surface area contributed by atoms with Gasteiger partial charge in [-0.15, -0.1) is 11.3 Å². The van der Waals surface area contributed by atoms with Crippen LogP contribution in [0.2, 0.25) is 0 Å². The Morgan fingerprint density at radius 3 is 2.65 bits per heavy atom. The van der Waals surface area contributed by atoms with Crippen LogP contribution in [0, 0.1) is 20.8 Å². The molecule has 0 unspecified atom stereocenters. The molecule has 0 radical (unpaired) electrons. The van der Waals surface area contributed by atoms with Crippen LogP contribution < -0.4 is 5.32 Å². The molecule has 0 saturated carbocycles. The molecule has 4 heteroatoms. The maximum atomic E-state index is 12.0. The fourth-order valence-electron chi connectivity index (χ4n) is 1.65. The van der Waals surface area contributed by atoms with E-state index < -0.39 is 0 Å². The molecule has 0 aliphatic carbocycles. The van der Waals surface area contributed by atoms with Gasteiger partial charge in [0, 0.05) is 5.69 Å². The number of carbonyl (C=O) groups excluding carboxylic acids is 1. The first kappa shape index (κ1) is 11.8. The van der Waals surface area contributed by atoms with E-state index in [1.807, 2.05) is 32.9 Å². The number of hydrogen-bond donors (Lipinski definition) is 1. The topological polar surface area (TPSA) is 42.0 Å². The van der Waals surface area contributed by atoms with Crippen molar-refractivity contribution in [3.05, 3.63) is 45.4 Å². The first-order valence-corrected chi connectivity index (χ1v) is 6.24. The number of benzene rings is 1. The number of nitrogens with one attached hydrogen (secondary N) is 1. The molecule has 88 valence electrons. The number of carbonyl (C=O) groups is 1. The van der Waals surface area contributed by atoms with Gasteiger partial charge in [-0.2, -0.15) is 0 Å². The van der Waals surface area contributed by atoms with Gasteiger partial charge in [0.1, 0.15) is 4.88 Å². The van der Waals surface area contributed by atoms with E-state index in [4.69, 9.17) is 0 Å². The van der Waals surface area contributed by atoms with Crippen molar-refractivity contribution in [3.8, 4) is 0 Å². The van der Waals surface area contributed by atoms with Crippen molar-refractivity contribution >= 4 is 22.9 Å². The number of rotatable bonds is 2. The molecule has 0 saturated heterocycles. The molecule has 0 aliphatic heterocycles. The van der Waals surface area contributed by atoms with Gasteiger partial charge < -0.3 is 5.32 Å². The Balaban J connectivity index is 2.22. The summed E-state index contributed by atoms with van der Waals surface area (Å²) in [6, 6.07) is 5.97. The highest BCUT2D eigenvalue weighted by Crippen LogP contribution is 2.19. The summed E-state index contributed by atoms with van der Waals surface area (Å²) >= 11 is 1.36. The smallest absolute Gasteiger partial charge is 0.267 e. The van der Waals surface area contributed by atoms with Crippen molar-refractivity contribution in [2.75, 3.05) is 5.32 Å². The highest BCUT2D eigenvalue weighted by molar-refractivity contribution is 7.12. The summed E-state index contributed by atoms with van der Waals surface area (Å²) in [5.41, 5.74) is 5.58. The number of aromatic nitrogens is 1. The quantitative estimate of drug-likeness (QED) is 0.883. The van der Waals surface area contributed by atoms with Gasteiger partial charge in [-0.25, -0.2) is 4.98 Å². The van der Waals surface area contributed by atoms with Crippen molar-refractivity contribution < 1.29 is 4.79 Å². The summed E-state index contributed by atoms with van der Waals surface area (Å²) in [6.45, 7) is 5.86. The number of aryl methyl sites for hydroxylation is 3. The molecule has 1 aromatic carbocycles. The summed E-state index contributed by atoms with van der Waals surface area (Å²) in [4.78, 5) is 16.7. The van der Waals surface area contributed by atoms with E-state index in [9.17, 15) is 4.79 Å². The van der Waals surface area contributed by atoms with Crippen LogP contribution >= 0.6 is 11.3 Å². The predicted octanol–water partition coefficient (Wildman–Crippen LogP) is 3.32. The lowest BCUT2D eigenvalue weighted by Gasteiger charge is -2.08. The van der Waals surface area contributed by atoms with Crippen LogP contribution in [0.3, 0.4) is 0 Å². The standard InChI is InChI=1S/C13H14N2OS/c1-8-4-5-11(9(2)6-8)15-13(16)12-10(3)14-7-17-12/h4-7H,1-3H3,(H,15,16). The van der Waals surface area contributed by atoms with Crippen LogP contribution in [0.25, 0.3) is 0 Å². The van der Waals surface area contributed by atoms with Gasteiger partial charge in [0.15, 0.2) is 0 Å². The molecule has 0 bridgehead atoms. The van der Waals surface area contributed by atoms with Crippen LogP contribution in [-0.4, -0.2) is 10.9 Å². The Hall–Kier alpha value is -1.68. The van der Waals surface area contributed by atoms with Crippen LogP contribution in [0.5, 0.6) is 0 Å². The zero-order valence-electron chi connectivity index (χ0n) is 10.1. The summed E-state index contributed by atoms with van der Waals surface area (Å²) in [6.07, 6.45) is 0. The lowest BCUT2D eigenvalue weighted by atomic mass is 10.1. The van der Waals surface area contributed by atoms with Crippen LogP contribution in [0.4, 0.5) is 5.69 Å². The maximum Gasteiger partial charge on any atom is 0.267 e. The minimum absolute atomic E-state index is 0.0862. The third kappa shape index (κ3) is 2.53. The Kier molecular flexibility index (Phi) is 3.24. The molecule has 1 amide bonds. The molecule has 1 heterocycles. The minimum Gasteiger partial charge on any atom is -0.321 e. The SMILES string of the molecule is Cc1ccc(NC(=O)c2scnc2C)c(C)c1. The van der Waals surface area contributed by atoms with Crippen LogP contribution in [0.15, 0.2) is 23.7 Å². The lowest BCUT2D eigenvalue weighted by molar-refractivity contribution is 0.102. The number of hydrogen-bond acceptors (Lipinski definition) is 3. The normalized spacial score (nSPS) is 10.3. The van der Waals surface area contributed by atoms with Crippen LogP contribution in [0.1, 0.15) is 26.5 Å². The van der Waals surface area contributed by atoms with Crippen molar-refractivity contribution in [2.45, 2.75) is 20.8 Å². The number of amides is 1. The van der Waals surface area contributed by atoms with Crippen molar-refractivity contribution in [1.29, 1.82) is 0 Å². The van der Waals surface area contributed by atoms with Gasteiger partial charge in [-0.3, -0.25) is 4.79 Å². The largest absolute Gasteiger partial charge is 0.321 e. The van der Waals surface area contributed by atoms with E-state index in [1.165, 1.54) is 16.9 Å². The fourth-order valence-corrected chi connectivity index (χ4v) is 2.35. The second kappa shape index (κ2) is 4.67. The predicted molar refractivity (Wildman–Crippen MR) is 70.7 cm³/mol. The maximum absolute atomic E-state index is 12.0. The van der Waals surface area contributed by atoms with Gasteiger partial charge >= 0.3 is 0 Å². The van der Waals surface area contributed by atoms with E-state index in [0.29, 0.717) is 4.88 Å². The van der Waals surface area contributed by atoms with Crippen LogP contribution in [-0.2, 0) is 0 Å². The number of thiazole rings is 1. The highest BCUT2D eigenvalue weighted by Gasteiger charge is 2.12. The third-order valence-corrected chi connectivity index (χ3v) is 3.51. The molecule has 17 heavy (non-hydrogen) atoms. The van der Waals surface area contributed by atoms with Gasteiger partial charge in [0.05, 0.1) is 11.2 Å². The van der Waals surface area contributed by atoms with Gasteiger partial charge in [-0.05, 0) is 32.4 Å². The third-order valence-electron chi connectivity index (χ3n) is 2.58. The molecule has 0 aliphatic rings. The number of nitrogens with zero attached hydrogens (tertiary/aromatic N) is 1. The molecular formula is C13H14N2OS. The first-order chi connectivity index (χ1) is 8.08. The van der Waals surface area contributed by atoms with E-state index in [-0.39, 0.29) is 5.91 Å². The average molecular weight is 246 g/mol. The van der Waals surface area contributed by atoms with Crippen molar-refractivity contribution in [2.24, 2.45) is 0 Å². The summed E-state index contributed by atoms with van der Waals surface area (Å²) in [5, 5.41) is 2.91. The zero-order chi connectivity index (χ0) is 12.4. The Morgan fingerprint density at radius 2 is 2.06 bits per heavy atom. The molecule has 0 spiro atoms. The summed E-state index contributed by atoms with van der Waals surface area (Å²) < 4.78 is 0. The van der Waals surface area contributed by atoms with Crippen molar-refractivity contribution in [1.82, 2.24) is 4.98 Å². The van der Waals surface area contributed by atoms with Gasteiger partial charge in [0.2, 0.25) is 0 Å². The minimum atomic E-state index is -0.0862. The monoisotopic (exact) mass is 246 g/mol. The molecule has 1 aromatic heterocycles. The Morgan fingerprint density at radius 1 is 1.29 bits per heavy atom. The second-order valence-electron chi connectivity index (χ2n) is 4.04. The number of anilines is 1. The summed E-state index contributed by atoms with van der Waals surface area (Å²) in [7, 11) is 0. The highest BCUT2D eigenvalue weighted by atomic mass is 32.1. The molecule has 0 fully saturated rings. The van der Waals surface area contributed by atoms with Gasteiger partial charge in [-0.1, -0.05) is 17.7 Å². The Bertz CT molecular complexity index is 560. The Labute approximate surface area is 105 Å². The van der Waals surface area contributed by atoms with E-state index >= 15 is 0 Å². The zero-order valence-corrected chi connectivity index (χ0v) is 10.9. The average Bonchev–Trinajstić information content (AvgIpc) is 2.68. The molecule has 1 N–H and O–H groups in total. The van der Waals surface area contributed by atoms with E-state index in [1.54, 1.807) is 5.51 Å². The fraction of sp³-hybridized carbons (Fsp3) is 0.231. The van der Waals surface area contributed by atoms with Gasteiger partial charge in [0.25, 0.3) is 5.91 Å². The molecule has 2 aromatic rings. The first-order valence-electron chi connectivity index (χ1n) is 5.36. The molecule has 3 nitrogen and oxygen atoms in total. The molecule has 2 rings (SSSR count). The second-order valence-corrected chi connectivity index (χ2v) is 4.89.